The fourth-order valence-electron chi connectivity index (χ4n) is 2.20. The van der Waals surface area contributed by atoms with Gasteiger partial charge in [-0.2, -0.15) is 0 Å². The third kappa shape index (κ3) is 5.44. The Balaban J connectivity index is 1.72. The fraction of sp³-hybridized carbons (Fsp3) is 0.533. The minimum absolute atomic E-state index is 0.0310. The Morgan fingerprint density at radius 3 is 3.18 bits per heavy atom. The van der Waals surface area contributed by atoms with Crippen LogP contribution in [0, 0.1) is 11.7 Å². The molecule has 1 aliphatic heterocycles. The first-order valence-electron chi connectivity index (χ1n) is 7.15. The number of carbonyl (C=O) groups excluding carboxylic acids is 1. The molecule has 0 bridgehead atoms. The lowest BCUT2D eigenvalue weighted by Crippen LogP contribution is -2.37. The Bertz CT molecular complexity index is 516. The summed E-state index contributed by atoms with van der Waals surface area (Å²) in [6, 6.07) is 3.98. The van der Waals surface area contributed by atoms with Gasteiger partial charge in [-0.25, -0.2) is 4.39 Å². The highest BCUT2D eigenvalue weighted by Gasteiger charge is 2.17. The number of nitrogens with zero attached hydrogens (tertiary/aromatic N) is 1. The van der Waals surface area contributed by atoms with E-state index in [0.717, 1.165) is 19.7 Å². The van der Waals surface area contributed by atoms with E-state index >= 15 is 0 Å². The Labute approximate surface area is 134 Å². The molecule has 7 heteroatoms. The molecule has 0 saturated carbocycles. The van der Waals surface area contributed by atoms with Gasteiger partial charge in [-0.1, -0.05) is 11.6 Å². The van der Waals surface area contributed by atoms with E-state index in [-0.39, 0.29) is 23.5 Å². The predicted molar refractivity (Wildman–Crippen MR) is 81.7 cm³/mol. The van der Waals surface area contributed by atoms with Gasteiger partial charge < -0.3 is 19.7 Å². The molecule has 0 spiro atoms. The first kappa shape index (κ1) is 17.0. The highest BCUT2D eigenvalue weighted by molar-refractivity contribution is 6.30. The molecule has 0 unspecified atom stereocenters. The highest BCUT2D eigenvalue weighted by atomic mass is 35.5. The lowest BCUT2D eigenvalue weighted by atomic mass is 10.1. The summed E-state index contributed by atoms with van der Waals surface area (Å²) in [4.78, 5) is 14.0. The van der Waals surface area contributed by atoms with Crippen LogP contribution in [-0.2, 0) is 9.53 Å². The zero-order chi connectivity index (χ0) is 15.9. The molecule has 1 amide bonds. The standard InChI is InChI=1S/C15H20ClFN2O3/c1-19-4-5-21-9-11(8-19)7-18-15(20)10-22-12-2-3-14(17)13(16)6-12/h2-3,6,11H,4-5,7-10H2,1H3,(H,18,20)/t11-/m0/s1. The molecule has 1 fully saturated rings. The topological polar surface area (TPSA) is 50.8 Å². The number of amides is 1. The summed E-state index contributed by atoms with van der Waals surface area (Å²) in [5.41, 5.74) is 0. The maximum Gasteiger partial charge on any atom is 0.257 e. The van der Waals surface area contributed by atoms with Gasteiger partial charge in [-0.05, 0) is 19.2 Å². The second-order valence-electron chi connectivity index (χ2n) is 5.37. The largest absolute Gasteiger partial charge is 0.484 e. The number of hydrogen-bond donors (Lipinski definition) is 1. The van der Waals surface area contributed by atoms with Gasteiger partial charge in [0.15, 0.2) is 6.61 Å². The molecule has 1 aromatic carbocycles. The van der Waals surface area contributed by atoms with E-state index in [2.05, 4.69) is 10.2 Å². The van der Waals surface area contributed by atoms with Crippen LogP contribution in [-0.4, -0.2) is 57.3 Å². The van der Waals surface area contributed by atoms with Crippen molar-refractivity contribution in [1.29, 1.82) is 0 Å². The van der Waals surface area contributed by atoms with Crippen molar-refractivity contribution in [3.8, 4) is 5.75 Å². The Kier molecular flexibility index (Phi) is 6.42. The summed E-state index contributed by atoms with van der Waals surface area (Å²) in [5, 5.41) is 2.79. The summed E-state index contributed by atoms with van der Waals surface area (Å²) in [6.07, 6.45) is 0. The zero-order valence-electron chi connectivity index (χ0n) is 12.5. The molecular weight excluding hydrogens is 311 g/mol. The number of halogens is 2. The van der Waals surface area contributed by atoms with Crippen LogP contribution in [0.15, 0.2) is 18.2 Å². The lowest BCUT2D eigenvalue weighted by Gasteiger charge is -2.19. The van der Waals surface area contributed by atoms with E-state index in [4.69, 9.17) is 21.1 Å². The number of carbonyl (C=O) groups is 1. The average molecular weight is 331 g/mol. The molecule has 0 radical (unpaired) electrons. The fourth-order valence-corrected chi connectivity index (χ4v) is 2.37. The van der Waals surface area contributed by atoms with Crippen molar-refractivity contribution in [2.45, 2.75) is 0 Å². The first-order valence-corrected chi connectivity index (χ1v) is 7.53. The molecule has 1 heterocycles. The van der Waals surface area contributed by atoms with Crippen molar-refractivity contribution < 1.29 is 18.7 Å². The van der Waals surface area contributed by atoms with E-state index in [0.29, 0.717) is 18.9 Å². The summed E-state index contributed by atoms with van der Waals surface area (Å²) in [5.74, 6) is -0.126. The van der Waals surface area contributed by atoms with Crippen LogP contribution in [0.25, 0.3) is 0 Å². The molecule has 1 saturated heterocycles. The normalized spacial score (nSPS) is 19.5. The van der Waals surface area contributed by atoms with Crippen LogP contribution in [0.1, 0.15) is 0 Å². The summed E-state index contributed by atoms with van der Waals surface area (Å²) in [6.45, 7) is 3.55. The average Bonchev–Trinajstić information content (AvgIpc) is 2.70. The number of benzene rings is 1. The van der Waals surface area contributed by atoms with Crippen LogP contribution in [0.4, 0.5) is 4.39 Å². The minimum Gasteiger partial charge on any atom is -0.484 e. The van der Waals surface area contributed by atoms with Crippen molar-refractivity contribution in [3.63, 3.8) is 0 Å². The van der Waals surface area contributed by atoms with E-state index in [1.54, 1.807) is 0 Å². The van der Waals surface area contributed by atoms with Gasteiger partial charge in [0.2, 0.25) is 0 Å². The van der Waals surface area contributed by atoms with Gasteiger partial charge in [0.25, 0.3) is 5.91 Å². The molecule has 5 nitrogen and oxygen atoms in total. The Morgan fingerprint density at radius 1 is 1.59 bits per heavy atom. The van der Waals surface area contributed by atoms with Crippen molar-refractivity contribution in [1.82, 2.24) is 10.2 Å². The maximum atomic E-state index is 13.0. The number of ether oxygens (including phenoxy) is 2. The molecular formula is C15H20ClFN2O3. The van der Waals surface area contributed by atoms with Crippen LogP contribution < -0.4 is 10.1 Å². The van der Waals surface area contributed by atoms with Gasteiger partial charge in [0.05, 0.1) is 18.2 Å². The van der Waals surface area contributed by atoms with Gasteiger partial charge >= 0.3 is 0 Å². The quantitative estimate of drug-likeness (QED) is 0.890. The molecule has 0 aromatic heterocycles. The summed E-state index contributed by atoms with van der Waals surface area (Å²) < 4.78 is 23.8. The molecule has 0 aliphatic carbocycles. The van der Waals surface area contributed by atoms with Gasteiger partial charge in [-0.15, -0.1) is 0 Å². The summed E-state index contributed by atoms with van der Waals surface area (Å²) in [7, 11) is 2.03. The highest BCUT2D eigenvalue weighted by Crippen LogP contribution is 2.20. The summed E-state index contributed by atoms with van der Waals surface area (Å²) >= 11 is 5.65. The SMILES string of the molecule is CN1CCOC[C@@H](CNC(=O)COc2ccc(F)c(Cl)c2)C1. The lowest BCUT2D eigenvalue weighted by molar-refractivity contribution is -0.123. The van der Waals surface area contributed by atoms with Crippen LogP contribution >= 0.6 is 11.6 Å². The van der Waals surface area contributed by atoms with Crippen molar-refractivity contribution in [2.24, 2.45) is 5.92 Å². The molecule has 2 rings (SSSR count). The van der Waals surface area contributed by atoms with Crippen LogP contribution in [0.3, 0.4) is 0 Å². The molecule has 1 aliphatic rings. The second-order valence-corrected chi connectivity index (χ2v) is 5.78. The maximum absolute atomic E-state index is 13.0. The molecule has 122 valence electrons. The molecule has 1 aromatic rings. The zero-order valence-corrected chi connectivity index (χ0v) is 13.2. The molecule has 1 atom stereocenters. The van der Waals surface area contributed by atoms with Gasteiger partial charge in [0.1, 0.15) is 11.6 Å². The molecule has 1 N–H and O–H groups in total. The Hall–Kier alpha value is -1.37. The monoisotopic (exact) mass is 330 g/mol. The van der Waals surface area contributed by atoms with Gasteiger partial charge in [0, 0.05) is 31.6 Å². The van der Waals surface area contributed by atoms with E-state index in [9.17, 15) is 9.18 Å². The van der Waals surface area contributed by atoms with E-state index in [1.165, 1.54) is 18.2 Å². The van der Waals surface area contributed by atoms with Crippen LogP contribution in [0.2, 0.25) is 5.02 Å². The predicted octanol–water partition coefficient (Wildman–Crippen LogP) is 1.55. The minimum atomic E-state index is -0.518. The van der Waals surface area contributed by atoms with Crippen LogP contribution in [0.5, 0.6) is 5.75 Å². The van der Waals surface area contributed by atoms with E-state index < -0.39 is 5.82 Å². The third-order valence-electron chi connectivity index (χ3n) is 3.39. The molecule has 22 heavy (non-hydrogen) atoms. The third-order valence-corrected chi connectivity index (χ3v) is 3.68. The van der Waals surface area contributed by atoms with E-state index in [1.807, 2.05) is 7.05 Å². The number of hydrogen-bond acceptors (Lipinski definition) is 4. The Morgan fingerprint density at radius 2 is 2.41 bits per heavy atom. The van der Waals surface area contributed by atoms with Gasteiger partial charge in [-0.3, -0.25) is 4.79 Å². The second kappa shape index (κ2) is 8.31. The first-order chi connectivity index (χ1) is 10.5. The smallest absolute Gasteiger partial charge is 0.257 e. The van der Waals surface area contributed by atoms with Crippen molar-refractivity contribution in [3.05, 3.63) is 29.0 Å². The number of rotatable bonds is 5. The van der Waals surface area contributed by atoms with Crippen molar-refractivity contribution in [2.75, 3.05) is 46.5 Å². The number of nitrogens with one attached hydrogen (secondary N) is 1. The van der Waals surface area contributed by atoms with Crippen molar-refractivity contribution >= 4 is 17.5 Å². The number of likely N-dealkylation sites (N-methyl/N-ethyl adjacent to an activating group) is 1.